The number of hydrogen-bond acceptors (Lipinski definition) is 5. The molecule has 5 rings (SSSR count). The number of pyridine rings is 1. The van der Waals surface area contributed by atoms with Gasteiger partial charge in [-0.05, 0) is 43.7 Å². The van der Waals surface area contributed by atoms with E-state index in [2.05, 4.69) is 10.1 Å². The van der Waals surface area contributed by atoms with Crippen molar-refractivity contribution in [3.05, 3.63) is 63.0 Å². The molecule has 0 aliphatic carbocycles. The topological polar surface area (TPSA) is 118 Å². The van der Waals surface area contributed by atoms with Crippen LogP contribution in [0.5, 0.6) is 0 Å². The second-order valence-corrected chi connectivity index (χ2v) is 9.90. The van der Waals surface area contributed by atoms with Crippen molar-refractivity contribution in [2.24, 2.45) is 0 Å². The zero-order valence-electron chi connectivity index (χ0n) is 17.0. The minimum absolute atomic E-state index is 0.0224. The Morgan fingerprint density at radius 2 is 1.74 bits per heavy atom. The van der Waals surface area contributed by atoms with E-state index < -0.39 is 9.84 Å². The Morgan fingerprint density at radius 1 is 1.03 bits per heavy atom. The second-order valence-electron chi connectivity index (χ2n) is 7.89. The first kappa shape index (κ1) is 19.4. The maximum Gasteiger partial charge on any atom is 0.274 e. The summed E-state index contributed by atoms with van der Waals surface area (Å²) in [5.74, 6) is 0. The Balaban J connectivity index is 1.97. The molecule has 8 nitrogen and oxygen atoms in total. The minimum Gasteiger partial charge on any atom is -0.454 e. The molecule has 0 bridgehead atoms. The van der Waals surface area contributed by atoms with Crippen LogP contribution in [0.25, 0.3) is 44.2 Å². The van der Waals surface area contributed by atoms with Crippen molar-refractivity contribution in [2.45, 2.75) is 24.8 Å². The number of rotatable bonds is 3. The summed E-state index contributed by atoms with van der Waals surface area (Å²) in [6, 6.07) is 10.9. The molecule has 0 unspecified atom stereocenters. The number of nitrogens with zero attached hydrogens (tertiary/aromatic N) is 1. The molecular weight excluding hydrogens is 418 g/mol. The Kier molecular flexibility index (Phi) is 4.03. The predicted molar refractivity (Wildman–Crippen MR) is 119 cm³/mol. The summed E-state index contributed by atoms with van der Waals surface area (Å²) in [6.45, 7) is 3.90. The van der Waals surface area contributed by atoms with Crippen LogP contribution in [0, 0.1) is 0 Å². The number of sulfone groups is 1. The minimum atomic E-state index is -3.36. The van der Waals surface area contributed by atoms with Gasteiger partial charge in [-0.2, -0.15) is 0 Å². The zero-order chi connectivity index (χ0) is 22.1. The molecule has 0 fully saturated rings. The third-order valence-electron chi connectivity index (χ3n) is 5.40. The van der Waals surface area contributed by atoms with Gasteiger partial charge in [0.05, 0.1) is 15.8 Å². The summed E-state index contributed by atoms with van der Waals surface area (Å²) >= 11 is 0. The van der Waals surface area contributed by atoms with Crippen molar-refractivity contribution >= 4 is 42.9 Å². The van der Waals surface area contributed by atoms with Gasteiger partial charge in [-0.15, -0.1) is 0 Å². The fourth-order valence-electron chi connectivity index (χ4n) is 3.94. The van der Waals surface area contributed by atoms with E-state index in [0.717, 1.165) is 11.6 Å². The summed E-state index contributed by atoms with van der Waals surface area (Å²) in [5, 5.41) is 3.98. The molecule has 31 heavy (non-hydrogen) atoms. The molecule has 9 heteroatoms. The number of fused-ring (bicyclic) bond motifs is 4. The highest BCUT2D eigenvalue weighted by atomic mass is 32.2. The Bertz CT molecular complexity index is 1720. The summed E-state index contributed by atoms with van der Waals surface area (Å²) in [4.78, 5) is 28.3. The summed E-state index contributed by atoms with van der Waals surface area (Å²) < 4.78 is 31.5. The molecule has 0 amide bonds. The average molecular weight is 437 g/mol. The first-order chi connectivity index (χ1) is 14.6. The maximum absolute atomic E-state index is 13.0. The van der Waals surface area contributed by atoms with E-state index in [1.54, 1.807) is 22.9 Å². The normalized spacial score (nSPS) is 12.5. The van der Waals surface area contributed by atoms with Crippen molar-refractivity contribution in [3.8, 4) is 11.1 Å². The molecule has 0 aliphatic rings. The molecule has 0 atom stereocenters. The summed E-state index contributed by atoms with van der Waals surface area (Å²) in [6.07, 6.45) is 1.14. The predicted octanol–water partition coefficient (Wildman–Crippen LogP) is 3.57. The Morgan fingerprint density at radius 3 is 2.39 bits per heavy atom. The van der Waals surface area contributed by atoms with E-state index >= 15 is 0 Å². The molecule has 0 saturated carbocycles. The lowest BCUT2D eigenvalue weighted by molar-refractivity contribution is 0.542. The van der Waals surface area contributed by atoms with Crippen LogP contribution >= 0.6 is 0 Å². The van der Waals surface area contributed by atoms with Gasteiger partial charge < -0.3 is 9.40 Å². The van der Waals surface area contributed by atoms with Crippen LogP contribution in [0.2, 0.25) is 0 Å². The van der Waals surface area contributed by atoms with Crippen LogP contribution in [0.3, 0.4) is 0 Å². The van der Waals surface area contributed by atoms with Gasteiger partial charge in [0.25, 0.3) is 5.56 Å². The van der Waals surface area contributed by atoms with Crippen molar-refractivity contribution in [1.29, 1.82) is 0 Å². The highest BCUT2D eigenvalue weighted by molar-refractivity contribution is 7.90. The molecular formula is C22H19N3O5S. The van der Waals surface area contributed by atoms with Gasteiger partial charge >= 0.3 is 0 Å². The molecule has 5 aromatic rings. The molecule has 3 heterocycles. The first-order valence-corrected chi connectivity index (χ1v) is 11.6. The summed E-state index contributed by atoms with van der Waals surface area (Å²) in [7, 11) is -3.36. The average Bonchev–Trinajstić information content (AvgIpc) is 3.23. The Hall–Kier alpha value is -3.59. The number of hydrogen-bond donors (Lipinski definition) is 2. The number of H-pyrrole nitrogens is 2. The van der Waals surface area contributed by atoms with Crippen LogP contribution in [-0.2, 0) is 9.84 Å². The SMILES string of the molecule is CC(C)n1[nH]c(=O)c2c(-c3ccc(S(C)(=O)=O)cc3)c3oc4cc(=O)ccc4c3[nH]c21. The quantitative estimate of drug-likeness (QED) is 0.447. The molecule has 0 spiro atoms. The highest BCUT2D eigenvalue weighted by Gasteiger charge is 2.22. The molecule has 2 N–H and O–H groups in total. The van der Waals surface area contributed by atoms with Crippen molar-refractivity contribution in [3.63, 3.8) is 0 Å². The van der Waals surface area contributed by atoms with Crippen LogP contribution in [-0.4, -0.2) is 29.4 Å². The van der Waals surface area contributed by atoms with E-state index in [9.17, 15) is 18.0 Å². The fraction of sp³-hybridized carbons (Fsp3) is 0.182. The zero-order valence-corrected chi connectivity index (χ0v) is 17.8. The van der Waals surface area contributed by atoms with Gasteiger partial charge in [-0.25, -0.2) is 8.42 Å². The van der Waals surface area contributed by atoms with Gasteiger partial charge in [0.2, 0.25) is 0 Å². The number of aromatic amines is 2. The second kappa shape index (κ2) is 6.45. The molecule has 0 aliphatic heterocycles. The van der Waals surface area contributed by atoms with Crippen LogP contribution in [0.4, 0.5) is 0 Å². The van der Waals surface area contributed by atoms with Crippen molar-refractivity contribution in [1.82, 2.24) is 14.8 Å². The Labute approximate surface area is 176 Å². The third-order valence-corrected chi connectivity index (χ3v) is 6.52. The fourth-order valence-corrected chi connectivity index (χ4v) is 4.57. The van der Waals surface area contributed by atoms with E-state index in [1.165, 1.54) is 24.3 Å². The smallest absolute Gasteiger partial charge is 0.274 e. The monoisotopic (exact) mass is 437 g/mol. The van der Waals surface area contributed by atoms with E-state index in [-0.39, 0.29) is 21.9 Å². The summed E-state index contributed by atoms with van der Waals surface area (Å²) in [5.41, 5.74) is 2.76. The lowest BCUT2D eigenvalue weighted by Gasteiger charge is -2.10. The lowest BCUT2D eigenvalue weighted by Crippen LogP contribution is -2.07. The highest BCUT2D eigenvalue weighted by Crippen LogP contribution is 2.38. The van der Waals surface area contributed by atoms with Gasteiger partial charge in [0.15, 0.2) is 20.8 Å². The first-order valence-electron chi connectivity index (χ1n) is 9.68. The standard InChI is InChI=1S/C22H19N3O5S/c1-11(2)25-21-18(22(27)24-25)17(12-4-7-14(8-5-12)31(3,28)29)20-19(23-21)15-9-6-13(26)10-16(15)30-20/h4-11,23H,1-3H3,(H,24,27). The van der Waals surface area contributed by atoms with Crippen molar-refractivity contribution < 1.29 is 12.8 Å². The molecule has 2 aromatic carbocycles. The lowest BCUT2D eigenvalue weighted by atomic mass is 10.0. The van der Waals surface area contributed by atoms with E-state index in [1.807, 2.05) is 13.8 Å². The third kappa shape index (κ3) is 2.92. The van der Waals surface area contributed by atoms with E-state index in [4.69, 9.17) is 4.42 Å². The van der Waals surface area contributed by atoms with Crippen LogP contribution in [0.15, 0.2) is 61.4 Å². The van der Waals surface area contributed by atoms with Gasteiger partial charge in [0.1, 0.15) is 11.2 Å². The molecule has 158 valence electrons. The van der Waals surface area contributed by atoms with E-state index in [0.29, 0.717) is 38.8 Å². The van der Waals surface area contributed by atoms with Crippen LogP contribution in [0.1, 0.15) is 19.9 Å². The number of nitrogens with one attached hydrogen (secondary N) is 2. The number of furan rings is 1. The van der Waals surface area contributed by atoms with Crippen molar-refractivity contribution in [2.75, 3.05) is 6.26 Å². The largest absolute Gasteiger partial charge is 0.454 e. The maximum atomic E-state index is 13.0. The van der Waals surface area contributed by atoms with Gasteiger partial charge in [-0.3, -0.25) is 19.4 Å². The van der Waals surface area contributed by atoms with Gasteiger partial charge in [-0.1, -0.05) is 12.1 Å². The number of aromatic nitrogens is 3. The van der Waals surface area contributed by atoms with Gasteiger partial charge in [0, 0.05) is 29.3 Å². The number of benzene rings is 2. The molecule has 3 aromatic heterocycles. The van der Waals surface area contributed by atoms with Crippen LogP contribution < -0.4 is 11.0 Å². The molecule has 0 radical (unpaired) electrons. The molecule has 0 saturated heterocycles.